The smallest absolute Gasteiger partial charge is 0.222 e. The number of hydrogen-bond acceptors (Lipinski definition) is 13. The Kier molecular flexibility index (Phi) is 26.1. The van der Waals surface area contributed by atoms with Crippen molar-refractivity contribution in [2.24, 2.45) is 0 Å². The van der Waals surface area contributed by atoms with Gasteiger partial charge in [0.05, 0.1) is 30.8 Å². The monoisotopic (exact) mass is 1280 g/mol. The number of benzene rings is 4. The predicted octanol–water partition coefficient (Wildman–Crippen LogP) is 10.7. The number of anilines is 5. The van der Waals surface area contributed by atoms with E-state index in [4.69, 9.17) is 29.5 Å². The minimum absolute atomic E-state index is 0.102. The van der Waals surface area contributed by atoms with Crippen molar-refractivity contribution < 1.29 is 14.4 Å². The number of aryl methyl sites for hydroxylation is 6. The summed E-state index contributed by atoms with van der Waals surface area (Å²) in [6.45, 7) is 15.7. The van der Waals surface area contributed by atoms with Crippen LogP contribution in [0.5, 0.6) is 0 Å². The van der Waals surface area contributed by atoms with E-state index in [1.807, 2.05) is 163 Å². The average Bonchev–Trinajstić information content (AvgIpc) is 2.00. The molecule has 22 nitrogen and oxygen atoms in total. The van der Waals surface area contributed by atoms with E-state index in [9.17, 15) is 14.4 Å². The first-order valence-corrected chi connectivity index (χ1v) is 27.4. The van der Waals surface area contributed by atoms with Crippen LogP contribution in [0.1, 0.15) is 82.8 Å². The third-order valence-corrected chi connectivity index (χ3v) is 12.6. The SMILES string of the molecule is C#Cc1ccccc1.CC(=O)Nc1cc(C)[nH]n1.CC(=O)Nc1n[nH]c(C)c1C#Cc1ccccc1.CC(=O)Nc1n[nH]c(C)c1I.Cc1[nH]nc(N)c1C#Cc1ccccc1.Cc1[nH]nc2nnc(-c3ccccc3)c(Cl)c12.Cc1cc(N)n[nH]1. The van der Waals surface area contributed by atoms with Crippen molar-refractivity contribution in [3.8, 4) is 47.3 Å². The number of carbonyl (C=O) groups is 3. The van der Waals surface area contributed by atoms with Crippen LogP contribution in [0.15, 0.2) is 133 Å². The fraction of sp³-hybridized carbons (Fsp3) is 0.145. The molecule has 0 aliphatic rings. The molecule has 3 amide bonds. The van der Waals surface area contributed by atoms with Crippen molar-refractivity contribution in [1.82, 2.24) is 71.4 Å². The first-order valence-electron chi connectivity index (χ1n) is 26.0. The molecule has 11 aromatic rings. The van der Waals surface area contributed by atoms with Crippen LogP contribution in [-0.2, 0) is 14.4 Å². The molecule has 7 heterocycles. The van der Waals surface area contributed by atoms with Gasteiger partial charge in [0.15, 0.2) is 23.3 Å². The van der Waals surface area contributed by atoms with Crippen LogP contribution < -0.4 is 27.4 Å². The number of H-pyrrole nitrogens is 6. The highest BCUT2D eigenvalue weighted by Gasteiger charge is 2.15. The largest absolute Gasteiger partial charge is 0.382 e. The second-order valence-corrected chi connectivity index (χ2v) is 19.6. The maximum Gasteiger partial charge on any atom is 0.222 e. The van der Waals surface area contributed by atoms with Crippen LogP contribution >= 0.6 is 34.2 Å². The molecule has 0 saturated heterocycles. The highest BCUT2D eigenvalue weighted by atomic mass is 127. The van der Waals surface area contributed by atoms with Gasteiger partial charge in [-0.2, -0.15) is 30.6 Å². The third kappa shape index (κ3) is 21.8. The van der Waals surface area contributed by atoms with Gasteiger partial charge in [-0.05, 0) is 101 Å². The van der Waals surface area contributed by atoms with Crippen molar-refractivity contribution >= 4 is 92.0 Å². The molecular weight excluding hydrogens is 1220 g/mol. The van der Waals surface area contributed by atoms with E-state index in [0.29, 0.717) is 51.0 Å². The molecule has 0 spiro atoms. The van der Waals surface area contributed by atoms with Gasteiger partial charge < -0.3 is 27.4 Å². The summed E-state index contributed by atoms with van der Waals surface area (Å²) in [7, 11) is 0. The zero-order valence-corrected chi connectivity index (χ0v) is 51.4. The number of terminal acetylenes is 1. The minimum atomic E-state index is -0.163. The Morgan fingerprint density at radius 2 is 0.977 bits per heavy atom. The van der Waals surface area contributed by atoms with Crippen molar-refractivity contribution in [3.05, 3.63) is 204 Å². The van der Waals surface area contributed by atoms with Crippen LogP contribution in [0.25, 0.3) is 22.3 Å². The normalized spacial score (nSPS) is 9.60. The first kappa shape index (κ1) is 66.0. The second-order valence-electron chi connectivity index (χ2n) is 18.2. The molecule has 438 valence electrons. The Bertz CT molecular complexity index is 4090. The number of rotatable bonds is 4. The average molecular weight is 1280 g/mol. The summed E-state index contributed by atoms with van der Waals surface area (Å²) in [5, 5.41) is 57.3. The molecule has 24 heteroatoms. The van der Waals surface area contributed by atoms with Gasteiger partial charge in [0.25, 0.3) is 0 Å². The van der Waals surface area contributed by atoms with Gasteiger partial charge in [-0.15, -0.1) is 16.6 Å². The number of carbonyl (C=O) groups excluding carboxylic acids is 3. The number of nitrogens with zero attached hydrogens (tertiary/aromatic N) is 8. The van der Waals surface area contributed by atoms with Gasteiger partial charge in [0.1, 0.15) is 11.5 Å². The summed E-state index contributed by atoms with van der Waals surface area (Å²) in [6.07, 6.45) is 5.10. The Morgan fingerprint density at radius 1 is 0.512 bits per heavy atom. The van der Waals surface area contributed by atoms with Gasteiger partial charge in [0, 0.05) is 83.6 Å². The number of halogens is 2. The molecule has 7 aromatic heterocycles. The van der Waals surface area contributed by atoms with E-state index in [0.717, 1.165) is 70.9 Å². The quantitative estimate of drug-likeness (QED) is 0.0577. The van der Waals surface area contributed by atoms with E-state index in [2.05, 4.69) is 140 Å². The van der Waals surface area contributed by atoms with Gasteiger partial charge in [-0.25, -0.2) is 0 Å². The number of amides is 3. The number of hydrogen-bond donors (Lipinski definition) is 11. The Labute approximate surface area is 515 Å². The molecular formula is C62H63ClIN19O3. The molecule has 0 bridgehead atoms. The zero-order chi connectivity index (χ0) is 62.5. The van der Waals surface area contributed by atoms with E-state index < -0.39 is 0 Å². The molecule has 0 saturated carbocycles. The lowest BCUT2D eigenvalue weighted by Gasteiger charge is -2.03. The van der Waals surface area contributed by atoms with E-state index >= 15 is 0 Å². The van der Waals surface area contributed by atoms with E-state index in [-0.39, 0.29) is 17.7 Å². The molecule has 0 atom stereocenters. The topological polar surface area (TPSA) is 337 Å². The fourth-order valence-electron chi connectivity index (χ4n) is 6.85. The van der Waals surface area contributed by atoms with Gasteiger partial charge >= 0.3 is 0 Å². The Balaban J connectivity index is 0.000000187. The Morgan fingerprint density at radius 3 is 1.42 bits per heavy atom. The van der Waals surface area contributed by atoms with Crippen LogP contribution in [-0.4, -0.2) is 89.1 Å². The van der Waals surface area contributed by atoms with Crippen molar-refractivity contribution in [2.45, 2.75) is 62.3 Å². The molecule has 0 aliphatic heterocycles. The minimum Gasteiger partial charge on any atom is -0.382 e. The van der Waals surface area contributed by atoms with Crippen LogP contribution in [0.2, 0.25) is 5.02 Å². The summed E-state index contributed by atoms with van der Waals surface area (Å²) in [4.78, 5) is 32.1. The summed E-state index contributed by atoms with van der Waals surface area (Å²) < 4.78 is 0.956. The lowest BCUT2D eigenvalue weighted by Crippen LogP contribution is -2.07. The summed E-state index contributed by atoms with van der Waals surface area (Å²) in [6, 6.07) is 42.3. The van der Waals surface area contributed by atoms with Crippen molar-refractivity contribution in [2.75, 3.05) is 27.4 Å². The summed E-state index contributed by atoms with van der Waals surface area (Å²) in [5.41, 5.74) is 22.9. The van der Waals surface area contributed by atoms with Gasteiger partial charge in [-0.3, -0.25) is 45.0 Å². The molecule has 11 rings (SSSR count). The second kappa shape index (κ2) is 34.0. The number of fused-ring (bicyclic) bond motifs is 1. The fourth-order valence-corrected chi connectivity index (χ4v) is 7.60. The van der Waals surface area contributed by atoms with Crippen molar-refractivity contribution in [1.29, 1.82) is 0 Å². The standard InChI is InChI=1S/C14H13N3O.C12H9ClN4.C12H11N3.C8H6.C6H8IN3O.C6H9N3O.C4H7N3/c1-10-13(14(17-16-10)15-11(2)18)9-8-12-6-4-3-5-7-12;1-7-9-10(13)11(8-5-3-2-4-6-8)15-17-12(9)16-14-7;1-9-11(12(13)15-14-9)8-7-10-5-3-2-4-6-10;1-2-8-6-4-3-5-7-8;1-3-5(7)6(10-9-3)8-4(2)11;1-4-3-6(9-8-4)7-5(2)10;1-3-2-4(5)7-6-3/h3-7H,1-2H3,(H2,15,16,17,18);2-6H,1H3,(H,14,16,17);2-6H,1H3,(H3,13,14,15);1,3-7H;1-2H3,(H2,8,9,10,11);3H,1-2H3,(H2,7,8,9,10);2H,1H3,(H3,5,6,7). The molecule has 86 heavy (non-hydrogen) atoms. The number of nitrogens with two attached hydrogens (primary N) is 2. The van der Waals surface area contributed by atoms with E-state index in [1.54, 1.807) is 12.1 Å². The number of nitrogens with one attached hydrogen (secondary N) is 9. The number of aromatic nitrogens is 14. The van der Waals surface area contributed by atoms with Crippen molar-refractivity contribution in [3.63, 3.8) is 0 Å². The van der Waals surface area contributed by atoms with Gasteiger partial charge in [-0.1, -0.05) is 126 Å². The van der Waals surface area contributed by atoms with E-state index in [1.165, 1.54) is 20.8 Å². The number of nitrogen functional groups attached to an aromatic ring is 2. The maximum atomic E-state index is 11.0. The lowest BCUT2D eigenvalue weighted by molar-refractivity contribution is -0.115. The number of aromatic amines is 6. The maximum absolute atomic E-state index is 11.0. The summed E-state index contributed by atoms with van der Waals surface area (Å²) in [5.74, 6) is 16.9. The predicted molar refractivity (Wildman–Crippen MR) is 347 cm³/mol. The van der Waals surface area contributed by atoms with Crippen LogP contribution in [0.4, 0.5) is 29.1 Å². The molecule has 0 aliphatic carbocycles. The molecule has 0 fully saturated rings. The highest BCUT2D eigenvalue weighted by Crippen LogP contribution is 2.32. The lowest BCUT2D eigenvalue weighted by atomic mass is 10.1. The zero-order valence-electron chi connectivity index (χ0n) is 48.5. The summed E-state index contributed by atoms with van der Waals surface area (Å²) >= 11 is 8.49. The molecule has 0 radical (unpaired) electrons. The Hall–Kier alpha value is -10.8. The third-order valence-electron chi connectivity index (χ3n) is 10.9. The van der Waals surface area contributed by atoms with Crippen LogP contribution in [0, 0.1) is 81.1 Å². The highest BCUT2D eigenvalue weighted by molar-refractivity contribution is 14.1. The molecule has 13 N–H and O–H groups in total. The molecule has 0 unspecified atom stereocenters. The first-order chi connectivity index (χ1) is 41.2. The van der Waals surface area contributed by atoms with Crippen LogP contribution in [0.3, 0.4) is 0 Å². The molecule has 4 aromatic carbocycles. The van der Waals surface area contributed by atoms with Gasteiger partial charge in [0.2, 0.25) is 23.4 Å².